The molecule has 0 radical (unpaired) electrons. The van der Waals surface area contributed by atoms with Gasteiger partial charge in [-0.15, -0.1) is 0 Å². The van der Waals surface area contributed by atoms with Crippen molar-refractivity contribution in [2.45, 2.75) is 46.5 Å². The Morgan fingerprint density at radius 1 is 1.28 bits per heavy atom. The predicted octanol–water partition coefficient (Wildman–Crippen LogP) is 4.22. The van der Waals surface area contributed by atoms with Gasteiger partial charge in [-0.2, -0.15) is 0 Å². The van der Waals surface area contributed by atoms with Gasteiger partial charge in [-0.25, -0.2) is 0 Å². The second kappa shape index (κ2) is 6.03. The van der Waals surface area contributed by atoms with Gasteiger partial charge in [0.25, 0.3) is 0 Å². The van der Waals surface area contributed by atoms with Crippen molar-refractivity contribution in [2.75, 3.05) is 6.61 Å². The third-order valence-electron chi connectivity index (χ3n) is 2.96. The summed E-state index contributed by atoms with van der Waals surface area (Å²) in [7, 11) is 0. The van der Waals surface area contributed by atoms with Gasteiger partial charge in [-0.1, -0.05) is 40.7 Å². The Kier molecular flexibility index (Phi) is 4.94. The molecule has 0 aliphatic carbocycles. The molecule has 0 aliphatic rings. The Labute approximate surface area is 110 Å². The number of rotatable bonds is 5. The van der Waals surface area contributed by atoms with Crippen LogP contribution in [0.3, 0.4) is 0 Å². The van der Waals surface area contributed by atoms with Crippen LogP contribution in [0.15, 0.2) is 18.2 Å². The van der Waals surface area contributed by atoms with Gasteiger partial charge in [-0.05, 0) is 35.4 Å². The molecule has 0 fully saturated rings. The molecular weight excluding hydrogens is 224 g/mol. The van der Waals surface area contributed by atoms with Gasteiger partial charge in [-0.3, -0.25) is 4.79 Å². The summed E-state index contributed by atoms with van der Waals surface area (Å²) in [4.78, 5) is 11.1. The normalized spacial score (nSPS) is 11.7. The van der Waals surface area contributed by atoms with Gasteiger partial charge in [0, 0.05) is 0 Å². The molecule has 0 unspecified atom stereocenters. The molecule has 0 aliphatic heterocycles. The number of hydrogen-bond acceptors (Lipinski definition) is 2. The Morgan fingerprint density at radius 2 is 1.94 bits per heavy atom. The van der Waals surface area contributed by atoms with Crippen molar-refractivity contribution in [3.8, 4) is 5.75 Å². The SMILES string of the molecule is CC(C)CCOc1ccc(C(C)(C)C)cc1C=O. The highest BCUT2D eigenvalue weighted by Gasteiger charge is 2.15. The van der Waals surface area contributed by atoms with E-state index in [9.17, 15) is 4.79 Å². The molecule has 0 amide bonds. The van der Waals surface area contributed by atoms with Gasteiger partial charge >= 0.3 is 0 Å². The van der Waals surface area contributed by atoms with Crippen LogP contribution in [0.1, 0.15) is 57.0 Å². The van der Waals surface area contributed by atoms with Crippen molar-refractivity contribution >= 4 is 6.29 Å². The van der Waals surface area contributed by atoms with Crippen LogP contribution in [-0.4, -0.2) is 12.9 Å². The van der Waals surface area contributed by atoms with E-state index in [-0.39, 0.29) is 5.41 Å². The monoisotopic (exact) mass is 248 g/mol. The number of hydrogen-bond donors (Lipinski definition) is 0. The zero-order valence-electron chi connectivity index (χ0n) is 12.1. The third kappa shape index (κ3) is 4.17. The van der Waals surface area contributed by atoms with Crippen LogP contribution in [-0.2, 0) is 5.41 Å². The summed E-state index contributed by atoms with van der Waals surface area (Å²) in [6, 6.07) is 5.88. The highest BCUT2D eigenvalue weighted by atomic mass is 16.5. The summed E-state index contributed by atoms with van der Waals surface area (Å²) < 4.78 is 5.68. The van der Waals surface area contributed by atoms with Crippen molar-refractivity contribution in [3.05, 3.63) is 29.3 Å². The fourth-order valence-electron chi connectivity index (χ4n) is 1.64. The quantitative estimate of drug-likeness (QED) is 0.729. The lowest BCUT2D eigenvalue weighted by Gasteiger charge is -2.20. The number of carbonyl (C=O) groups is 1. The zero-order chi connectivity index (χ0) is 13.8. The first-order valence-electron chi connectivity index (χ1n) is 6.57. The van der Waals surface area contributed by atoms with Gasteiger partial charge in [0.15, 0.2) is 6.29 Å². The third-order valence-corrected chi connectivity index (χ3v) is 2.96. The van der Waals surface area contributed by atoms with E-state index < -0.39 is 0 Å². The van der Waals surface area contributed by atoms with Crippen LogP contribution in [0, 0.1) is 5.92 Å². The van der Waals surface area contributed by atoms with Crippen LogP contribution in [0.5, 0.6) is 5.75 Å². The standard InChI is InChI=1S/C16H24O2/c1-12(2)8-9-18-15-7-6-14(16(3,4)5)10-13(15)11-17/h6-7,10-12H,8-9H2,1-5H3. The topological polar surface area (TPSA) is 26.3 Å². The molecule has 1 rings (SSSR count). The molecule has 2 heteroatoms. The van der Waals surface area contributed by atoms with E-state index in [1.165, 1.54) is 0 Å². The number of ether oxygens (including phenoxy) is 1. The molecule has 0 heterocycles. The van der Waals surface area contributed by atoms with Gasteiger partial charge in [0.1, 0.15) is 5.75 Å². The van der Waals surface area contributed by atoms with Crippen molar-refractivity contribution in [1.29, 1.82) is 0 Å². The molecule has 0 spiro atoms. The van der Waals surface area contributed by atoms with Crippen LogP contribution in [0.25, 0.3) is 0 Å². The smallest absolute Gasteiger partial charge is 0.153 e. The first-order chi connectivity index (χ1) is 8.34. The lowest BCUT2D eigenvalue weighted by Crippen LogP contribution is -2.12. The Bertz CT molecular complexity index is 400. The van der Waals surface area contributed by atoms with Crippen LogP contribution < -0.4 is 4.74 Å². The van der Waals surface area contributed by atoms with E-state index in [0.717, 1.165) is 18.3 Å². The van der Waals surface area contributed by atoms with E-state index in [1.807, 2.05) is 18.2 Å². The second-order valence-corrected chi connectivity index (χ2v) is 6.15. The van der Waals surface area contributed by atoms with E-state index in [1.54, 1.807) is 0 Å². The number of carbonyl (C=O) groups excluding carboxylic acids is 1. The molecule has 1 aromatic carbocycles. The van der Waals surface area contributed by atoms with Crippen molar-refractivity contribution in [3.63, 3.8) is 0 Å². The number of aldehydes is 1. The fourth-order valence-corrected chi connectivity index (χ4v) is 1.64. The van der Waals surface area contributed by atoms with E-state index in [2.05, 4.69) is 34.6 Å². The zero-order valence-corrected chi connectivity index (χ0v) is 12.1. The van der Waals surface area contributed by atoms with E-state index in [4.69, 9.17) is 4.74 Å². The molecule has 2 nitrogen and oxygen atoms in total. The molecule has 0 saturated carbocycles. The summed E-state index contributed by atoms with van der Waals surface area (Å²) in [6.07, 6.45) is 1.87. The molecule has 18 heavy (non-hydrogen) atoms. The minimum atomic E-state index is 0.0498. The first-order valence-corrected chi connectivity index (χ1v) is 6.57. The predicted molar refractivity (Wildman–Crippen MR) is 75.5 cm³/mol. The maximum atomic E-state index is 11.1. The molecule has 0 N–H and O–H groups in total. The second-order valence-electron chi connectivity index (χ2n) is 6.15. The number of benzene rings is 1. The maximum absolute atomic E-state index is 11.1. The average Bonchev–Trinajstić information content (AvgIpc) is 2.27. The summed E-state index contributed by atoms with van der Waals surface area (Å²) in [5, 5.41) is 0. The maximum Gasteiger partial charge on any atom is 0.153 e. The molecule has 100 valence electrons. The molecule has 0 saturated heterocycles. The van der Waals surface area contributed by atoms with E-state index >= 15 is 0 Å². The van der Waals surface area contributed by atoms with Crippen molar-refractivity contribution in [2.24, 2.45) is 5.92 Å². The van der Waals surface area contributed by atoms with E-state index in [0.29, 0.717) is 23.8 Å². The fraction of sp³-hybridized carbons (Fsp3) is 0.562. The Hall–Kier alpha value is -1.31. The summed E-state index contributed by atoms with van der Waals surface area (Å²) in [5.41, 5.74) is 1.85. The van der Waals surface area contributed by atoms with Crippen LogP contribution in [0.4, 0.5) is 0 Å². The summed E-state index contributed by atoms with van der Waals surface area (Å²) >= 11 is 0. The summed E-state index contributed by atoms with van der Waals surface area (Å²) in [5.74, 6) is 1.30. The molecule has 1 aromatic rings. The van der Waals surface area contributed by atoms with Gasteiger partial charge in [0.05, 0.1) is 12.2 Å². The van der Waals surface area contributed by atoms with Crippen LogP contribution in [0.2, 0.25) is 0 Å². The minimum Gasteiger partial charge on any atom is -0.493 e. The summed E-state index contributed by atoms with van der Waals surface area (Å²) in [6.45, 7) is 11.4. The van der Waals surface area contributed by atoms with Gasteiger partial charge < -0.3 is 4.74 Å². The van der Waals surface area contributed by atoms with Crippen molar-refractivity contribution < 1.29 is 9.53 Å². The molecular formula is C16H24O2. The molecule has 0 bridgehead atoms. The molecule has 0 atom stereocenters. The highest BCUT2D eigenvalue weighted by molar-refractivity contribution is 5.79. The van der Waals surface area contributed by atoms with Crippen molar-refractivity contribution in [1.82, 2.24) is 0 Å². The minimum absolute atomic E-state index is 0.0498. The lowest BCUT2D eigenvalue weighted by molar-refractivity contribution is 0.111. The molecule has 0 aromatic heterocycles. The highest BCUT2D eigenvalue weighted by Crippen LogP contribution is 2.27. The average molecular weight is 248 g/mol. The Balaban J connectivity index is 2.84. The lowest BCUT2D eigenvalue weighted by atomic mass is 9.86. The van der Waals surface area contributed by atoms with Crippen LogP contribution >= 0.6 is 0 Å². The largest absolute Gasteiger partial charge is 0.493 e. The Morgan fingerprint density at radius 3 is 2.44 bits per heavy atom. The first kappa shape index (κ1) is 14.7. The van der Waals surface area contributed by atoms with Gasteiger partial charge in [0.2, 0.25) is 0 Å².